The van der Waals surface area contributed by atoms with Gasteiger partial charge in [0.05, 0.1) is 29.2 Å². The molecule has 3 N–H and O–H groups in total. The van der Waals surface area contributed by atoms with E-state index in [0.717, 1.165) is 31.6 Å². The van der Waals surface area contributed by atoms with Crippen LogP contribution in [0.15, 0.2) is 24.3 Å². The van der Waals surface area contributed by atoms with Gasteiger partial charge in [-0.25, -0.2) is 0 Å². The number of thioether (sulfide) groups is 1. The molecule has 9 heteroatoms. The van der Waals surface area contributed by atoms with Gasteiger partial charge in [0.2, 0.25) is 17.7 Å². The summed E-state index contributed by atoms with van der Waals surface area (Å²) in [6, 6.07) is 6.59. The number of aliphatic hydroxyl groups excluding tert-OH is 1. The van der Waals surface area contributed by atoms with Crippen LogP contribution >= 0.6 is 11.8 Å². The molecule has 4 rings (SSSR count). The number of rotatable bonds is 11. The molecule has 2 unspecified atom stereocenters. The van der Waals surface area contributed by atoms with Gasteiger partial charge in [-0.05, 0) is 63.8 Å². The number of fused-ring (bicyclic) bond motifs is 1. The van der Waals surface area contributed by atoms with Crippen molar-refractivity contribution in [1.82, 2.24) is 10.2 Å². The summed E-state index contributed by atoms with van der Waals surface area (Å²) < 4.78 is -0.649. The van der Waals surface area contributed by atoms with E-state index in [4.69, 9.17) is 0 Å². The zero-order chi connectivity index (χ0) is 26.0. The first-order chi connectivity index (χ1) is 17.4. The highest BCUT2D eigenvalue weighted by atomic mass is 32.2. The van der Waals surface area contributed by atoms with E-state index < -0.39 is 28.7 Å². The highest BCUT2D eigenvalue weighted by Crippen LogP contribution is 2.66. The van der Waals surface area contributed by atoms with E-state index in [-0.39, 0.29) is 29.6 Å². The maximum absolute atomic E-state index is 13.9. The molecule has 3 amide bonds. The molecule has 0 saturated carbocycles. The molecule has 0 radical (unpaired) electrons. The number of aliphatic hydroxyl groups is 1. The highest BCUT2D eigenvalue weighted by molar-refractivity contribution is 8.02. The maximum Gasteiger partial charge on any atom is 0.248 e. The van der Waals surface area contributed by atoms with Crippen LogP contribution in [0.5, 0.6) is 0 Å². The first kappa shape index (κ1) is 26.8. The SMILES string of the molecule is CCCNC(=O)[C@@H]1[C@H]2C(=O)N([C@@H](CC)CO)C(C(=O)Nc3ccc(N(CC)CC)cc3)C23CC[C@H]1S3. The summed E-state index contributed by atoms with van der Waals surface area (Å²) in [6.07, 6.45) is 2.89. The van der Waals surface area contributed by atoms with Crippen LogP contribution in [0.2, 0.25) is 0 Å². The number of carbonyl (C=O) groups is 3. The van der Waals surface area contributed by atoms with E-state index in [9.17, 15) is 19.5 Å². The van der Waals surface area contributed by atoms with Crippen molar-refractivity contribution in [3.63, 3.8) is 0 Å². The lowest BCUT2D eigenvalue weighted by atomic mass is 9.70. The number of hydrogen-bond acceptors (Lipinski definition) is 6. The van der Waals surface area contributed by atoms with Gasteiger partial charge in [0.1, 0.15) is 6.04 Å². The first-order valence-electron chi connectivity index (χ1n) is 13.4. The van der Waals surface area contributed by atoms with Gasteiger partial charge >= 0.3 is 0 Å². The molecule has 2 bridgehead atoms. The Balaban J connectivity index is 1.64. The van der Waals surface area contributed by atoms with Gasteiger partial charge in [0, 0.05) is 36.3 Å². The van der Waals surface area contributed by atoms with Crippen molar-refractivity contribution >= 4 is 40.9 Å². The van der Waals surface area contributed by atoms with Crippen LogP contribution < -0.4 is 15.5 Å². The van der Waals surface area contributed by atoms with Gasteiger partial charge in [-0.15, -0.1) is 11.8 Å². The molecular weight excluding hydrogens is 476 g/mol. The Morgan fingerprint density at radius 2 is 1.86 bits per heavy atom. The molecule has 3 aliphatic rings. The largest absolute Gasteiger partial charge is 0.394 e. The minimum atomic E-state index is -0.728. The van der Waals surface area contributed by atoms with Crippen LogP contribution in [0, 0.1) is 11.8 Å². The molecule has 8 nitrogen and oxygen atoms in total. The van der Waals surface area contributed by atoms with Gasteiger partial charge in [0.15, 0.2) is 0 Å². The molecule has 3 fully saturated rings. The van der Waals surface area contributed by atoms with E-state index in [1.807, 2.05) is 38.1 Å². The summed E-state index contributed by atoms with van der Waals surface area (Å²) >= 11 is 1.65. The van der Waals surface area contributed by atoms with E-state index in [1.165, 1.54) is 0 Å². The van der Waals surface area contributed by atoms with Crippen LogP contribution in [0.25, 0.3) is 0 Å². The fraction of sp³-hybridized carbons (Fsp3) is 0.667. The molecule has 0 aromatic heterocycles. The molecule has 3 heterocycles. The van der Waals surface area contributed by atoms with Crippen molar-refractivity contribution in [1.29, 1.82) is 0 Å². The second-order valence-corrected chi connectivity index (χ2v) is 11.6. The number of nitrogens with zero attached hydrogens (tertiary/aromatic N) is 2. The van der Waals surface area contributed by atoms with Crippen LogP contribution in [-0.2, 0) is 14.4 Å². The molecule has 198 valence electrons. The molecular formula is C27H40N4O4S. The summed E-state index contributed by atoms with van der Waals surface area (Å²) in [5, 5.41) is 16.2. The lowest BCUT2D eigenvalue weighted by molar-refractivity contribution is -0.142. The standard InChI is InChI=1S/C27H40N4O4S/c1-5-15-28-24(33)21-20-13-14-27(36-20)22(21)26(35)31(18(6-2)16-32)23(27)25(34)29-17-9-11-19(12-10-17)30(7-3)8-4/h9-12,18,20-23,32H,5-8,13-16H2,1-4H3,(H,28,33)(H,29,34)/t18-,20+,21-,22-,23?,27?/m0/s1. The average Bonchev–Trinajstić information content (AvgIpc) is 3.53. The second-order valence-electron chi connectivity index (χ2n) is 10.0. The third-order valence-electron chi connectivity index (χ3n) is 8.18. The molecule has 3 aliphatic heterocycles. The third-order valence-corrected chi connectivity index (χ3v) is 10.1. The molecule has 6 atom stereocenters. The van der Waals surface area contributed by atoms with Crippen LogP contribution in [0.4, 0.5) is 11.4 Å². The minimum Gasteiger partial charge on any atom is -0.394 e. The van der Waals surface area contributed by atoms with Crippen molar-refractivity contribution in [2.75, 3.05) is 36.5 Å². The number of likely N-dealkylation sites (tertiary alicyclic amines) is 1. The molecule has 1 spiro atoms. The Hall–Kier alpha value is -2.26. The van der Waals surface area contributed by atoms with Crippen molar-refractivity contribution in [3.05, 3.63) is 24.3 Å². The van der Waals surface area contributed by atoms with Crippen molar-refractivity contribution in [2.24, 2.45) is 11.8 Å². The highest BCUT2D eigenvalue weighted by Gasteiger charge is 2.74. The van der Waals surface area contributed by atoms with Crippen LogP contribution in [-0.4, -0.2) is 76.0 Å². The monoisotopic (exact) mass is 516 g/mol. The number of carbonyl (C=O) groups excluding carboxylic acids is 3. The molecule has 36 heavy (non-hydrogen) atoms. The number of anilines is 2. The van der Waals surface area contributed by atoms with E-state index in [2.05, 4.69) is 29.4 Å². The topological polar surface area (TPSA) is 102 Å². The van der Waals surface area contributed by atoms with Gasteiger partial charge in [-0.1, -0.05) is 13.8 Å². The summed E-state index contributed by atoms with van der Waals surface area (Å²) in [5.74, 6) is -1.47. The van der Waals surface area contributed by atoms with Gasteiger partial charge in [-0.3, -0.25) is 14.4 Å². The predicted octanol–water partition coefficient (Wildman–Crippen LogP) is 2.86. The van der Waals surface area contributed by atoms with Crippen molar-refractivity contribution in [2.45, 2.75) is 75.5 Å². The minimum absolute atomic E-state index is 0.0378. The van der Waals surface area contributed by atoms with Crippen LogP contribution in [0.1, 0.15) is 53.4 Å². The fourth-order valence-corrected chi connectivity index (χ4v) is 8.62. The fourth-order valence-electron chi connectivity index (χ4n) is 6.42. The number of hydrogen-bond donors (Lipinski definition) is 3. The lowest BCUT2D eigenvalue weighted by Crippen LogP contribution is -2.54. The van der Waals surface area contributed by atoms with E-state index >= 15 is 0 Å². The van der Waals surface area contributed by atoms with Gasteiger partial charge < -0.3 is 25.5 Å². The number of amides is 3. The van der Waals surface area contributed by atoms with Crippen molar-refractivity contribution in [3.8, 4) is 0 Å². The van der Waals surface area contributed by atoms with Gasteiger partial charge in [-0.2, -0.15) is 0 Å². The Morgan fingerprint density at radius 3 is 2.44 bits per heavy atom. The maximum atomic E-state index is 13.9. The molecule has 3 saturated heterocycles. The lowest BCUT2D eigenvalue weighted by Gasteiger charge is -2.36. The number of benzene rings is 1. The quantitative estimate of drug-likeness (QED) is 0.418. The Morgan fingerprint density at radius 1 is 1.17 bits per heavy atom. The summed E-state index contributed by atoms with van der Waals surface area (Å²) in [6.45, 7) is 10.3. The zero-order valence-corrected chi connectivity index (χ0v) is 22.6. The summed E-state index contributed by atoms with van der Waals surface area (Å²) in [4.78, 5) is 44.8. The smallest absolute Gasteiger partial charge is 0.248 e. The summed E-state index contributed by atoms with van der Waals surface area (Å²) in [7, 11) is 0. The molecule has 0 aliphatic carbocycles. The third kappa shape index (κ3) is 4.38. The number of nitrogens with one attached hydrogen (secondary N) is 2. The van der Waals surface area contributed by atoms with E-state index in [1.54, 1.807) is 16.7 Å². The van der Waals surface area contributed by atoms with Gasteiger partial charge in [0.25, 0.3) is 0 Å². The normalized spacial score (nSPS) is 29.2. The van der Waals surface area contributed by atoms with Crippen LogP contribution in [0.3, 0.4) is 0 Å². The Bertz CT molecular complexity index is 965. The Kier molecular flexibility index (Phi) is 8.19. The first-order valence-corrected chi connectivity index (χ1v) is 14.3. The zero-order valence-electron chi connectivity index (χ0n) is 21.8. The second kappa shape index (κ2) is 11.0. The predicted molar refractivity (Wildman–Crippen MR) is 144 cm³/mol. The van der Waals surface area contributed by atoms with Crippen molar-refractivity contribution < 1.29 is 19.5 Å². The molecule has 1 aromatic carbocycles. The molecule has 1 aromatic rings. The summed E-state index contributed by atoms with van der Waals surface area (Å²) in [5.41, 5.74) is 1.77. The van der Waals surface area contributed by atoms with E-state index in [0.29, 0.717) is 25.1 Å². The Labute approximate surface area is 218 Å². The average molecular weight is 517 g/mol.